The van der Waals surface area contributed by atoms with Gasteiger partial charge in [0.25, 0.3) is 0 Å². The average molecular weight is 440 g/mol. The van der Waals surface area contributed by atoms with E-state index in [2.05, 4.69) is 15.1 Å². The van der Waals surface area contributed by atoms with Crippen LogP contribution in [0.3, 0.4) is 0 Å². The van der Waals surface area contributed by atoms with Crippen molar-refractivity contribution in [2.24, 2.45) is 5.73 Å². The standard InChI is InChI=1S/C17H21N5O3S3/c1-25-13-4-2-12(3-5-13)21-6-8-22(9-7-21)15(24)11-27-17-20-19-16(28-17)26-10-14(18)23/h2-5H,6-11H2,1H3,(H2,18,23). The number of anilines is 1. The zero-order valence-corrected chi connectivity index (χ0v) is 17.8. The average Bonchev–Trinajstić information content (AvgIpc) is 3.18. The summed E-state index contributed by atoms with van der Waals surface area (Å²) in [4.78, 5) is 27.4. The van der Waals surface area contributed by atoms with Crippen LogP contribution < -0.4 is 15.4 Å². The lowest BCUT2D eigenvalue weighted by atomic mass is 10.2. The first-order valence-electron chi connectivity index (χ1n) is 8.59. The van der Waals surface area contributed by atoms with E-state index >= 15 is 0 Å². The molecule has 0 bridgehead atoms. The van der Waals surface area contributed by atoms with Gasteiger partial charge >= 0.3 is 0 Å². The van der Waals surface area contributed by atoms with E-state index < -0.39 is 5.91 Å². The molecule has 0 unspecified atom stereocenters. The summed E-state index contributed by atoms with van der Waals surface area (Å²) >= 11 is 4.01. The van der Waals surface area contributed by atoms with Crippen molar-refractivity contribution in [1.29, 1.82) is 0 Å². The summed E-state index contributed by atoms with van der Waals surface area (Å²) in [6.07, 6.45) is 0. The molecule has 0 spiro atoms. The Labute approximate surface area is 175 Å². The maximum absolute atomic E-state index is 12.5. The van der Waals surface area contributed by atoms with Crippen LogP contribution in [0.4, 0.5) is 5.69 Å². The fraction of sp³-hybridized carbons (Fsp3) is 0.412. The summed E-state index contributed by atoms with van der Waals surface area (Å²) in [5.41, 5.74) is 6.26. The van der Waals surface area contributed by atoms with Crippen LogP contribution in [0.15, 0.2) is 32.9 Å². The fourth-order valence-corrected chi connectivity index (χ4v) is 5.33. The Balaban J connectivity index is 1.43. The summed E-state index contributed by atoms with van der Waals surface area (Å²) < 4.78 is 6.59. The number of nitrogens with two attached hydrogens (primary N) is 1. The molecule has 0 saturated carbocycles. The highest BCUT2D eigenvalue weighted by Crippen LogP contribution is 2.29. The normalized spacial score (nSPS) is 14.2. The molecule has 3 rings (SSSR count). The predicted molar refractivity (Wildman–Crippen MR) is 112 cm³/mol. The lowest BCUT2D eigenvalue weighted by Crippen LogP contribution is -2.49. The molecule has 8 nitrogen and oxygen atoms in total. The molecule has 1 saturated heterocycles. The summed E-state index contributed by atoms with van der Waals surface area (Å²) in [5, 5.41) is 8.04. The van der Waals surface area contributed by atoms with Crippen LogP contribution in [0, 0.1) is 0 Å². The van der Waals surface area contributed by atoms with Crippen LogP contribution in [0.25, 0.3) is 0 Å². The van der Waals surface area contributed by atoms with Gasteiger partial charge in [0, 0.05) is 31.9 Å². The number of thioether (sulfide) groups is 2. The lowest BCUT2D eigenvalue weighted by Gasteiger charge is -2.36. The van der Waals surface area contributed by atoms with Crippen molar-refractivity contribution in [3.8, 4) is 5.75 Å². The van der Waals surface area contributed by atoms with Gasteiger partial charge in [-0.25, -0.2) is 0 Å². The Hall–Kier alpha value is -1.98. The van der Waals surface area contributed by atoms with Gasteiger partial charge in [0.15, 0.2) is 8.68 Å². The van der Waals surface area contributed by atoms with Crippen LogP contribution in [-0.4, -0.2) is 71.7 Å². The molecule has 0 aliphatic carbocycles. The molecular formula is C17H21N5O3S3. The number of ether oxygens (including phenoxy) is 1. The molecule has 2 aromatic rings. The molecule has 1 aliphatic heterocycles. The first kappa shape index (κ1) is 20.7. The third kappa shape index (κ3) is 5.76. The molecule has 1 aromatic heterocycles. The zero-order chi connectivity index (χ0) is 19.9. The molecule has 2 amide bonds. The smallest absolute Gasteiger partial charge is 0.233 e. The first-order valence-corrected chi connectivity index (χ1v) is 11.4. The largest absolute Gasteiger partial charge is 0.497 e. The van der Waals surface area contributed by atoms with E-state index in [0.717, 1.165) is 28.9 Å². The van der Waals surface area contributed by atoms with Crippen LogP contribution in [0.5, 0.6) is 5.75 Å². The van der Waals surface area contributed by atoms with Gasteiger partial charge in [-0.2, -0.15) is 0 Å². The third-order valence-corrected chi connectivity index (χ3v) is 7.31. The minimum absolute atomic E-state index is 0.0981. The van der Waals surface area contributed by atoms with Crippen molar-refractivity contribution < 1.29 is 14.3 Å². The Kier molecular flexibility index (Phi) is 7.40. The van der Waals surface area contributed by atoms with Crippen LogP contribution >= 0.6 is 34.9 Å². The van der Waals surface area contributed by atoms with E-state index in [0.29, 0.717) is 23.2 Å². The van der Waals surface area contributed by atoms with E-state index in [1.165, 1.54) is 34.9 Å². The number of rotatable bonds is 8. The van der Waals surface area contributed by atoms with Gasteiger partial charge in [-0.15, -0.1) is 10.2 Å². The van der Waals surface area contributed by atoms with Gasteiger partial charge < -0.3 is 20.3 Å². The Bertz CT molecular complexity index is 807. The van der Waals surface area contributed by atoms with E-state index in [1.54, 1.807) is 7.11 Å². The van der Waals surface area contributed by atoms with Crippen molar-refractivity contribution in [3.05, 3.63) is 24.3 Å². The summed E-state index contributed by atoms with van der Waals surface area (Å²) in [7, 11) is 1.65. The molecule has 1 aromatic carbocycles. The highest BCUT2D eigenvalue weighted by atomic mass is 32.2. The minimum Gasteiger partial charge on any atom is -0.497 e. The van der Waals surface area contributed by atoms with E-state index in [4.69, 9.17) is 10.5 Å². The second kappa shape index (κ2) is 9.99. The number of benzene rings is 1. The number of primary amides is 1. The quantitative estimate of drug-likeness (QED) is 0.619. The van der Waals surface area contributed by atoms with Gasteiger partial charge in [-0.1, -0.05) is 34.9 Å². The second-order valence-corrected chi connectivity index (χ2v) is 9.37. The molecule has 0 atom stereocenters. The zero-order valence-electron chi connectivity index (χ0n) is 15.4. The number of nitrogens with zero attached hydrogens (tertiary/aromatic N) is 4. The number of amides is 2. The van der Waals surface area contributed by atoms with Gasteiger partial charge in [0.1, 0.15) is 5.75 Å². The fourth-order valence-electron chi connectivity index (χ4n) is 2.67. The minimum atomic E-state index is -0.390. The number of carbonyl (C=O) groups excluding carboxylic acids is 2. The number of piperazine rings is 1. The van der Waals surface area contributed by atoms with E-state index in [1.807, 2.05) is 29.2 Å². The molecule has 11 heteroatoms. The van der Waals surface area contributed by atoms with Crippen LogP contribution in [0.2, 0.25) is 0 Å². The second-order valence-electron chi connectivity index (χ2n) is 5.94. The molecule has 2 heterocycles. The molecule has 28 heavy (non-hydrogen) atoms. The predicted octanol–water partition coefficient (Wildman–Crippen LogP) is 1.56. The maximum atomic E-state index is 12.5. The number of carbonyl (C=O) groups is 2. The summed E-state index contributed by atoms with van der Waals surface area (Å²) in [5.74, 6) is 1.05. The summed E-state index contributed by atoms with van der Waals surface area (Å²) in [6, 6.07) is 7.97. The maximum Gasteiger partial charge on any atom is 0.233 e. The molecule has 2 N–H and O–H groups in total. The summed E-state index contributed by atoms with van der Waals surface area (Å²) in [6.45, 7) is 2.99. The number of hydrogen-bond acceptors (Lipinski definition) is 9. The van der Waals surface area contributed by atoms with Gasteiger partial charge in [-0.3, -0.25) is 9.59 Å². The molecular weight excluding hydrogens is 418 g/mol. The monoisotopic (exact) mass is 439 g/mol. The number of hydrogen-bond donors (Lipinski definition) is 1. The van der Waals surface area contributed by atoms with E-state index in [-0.39, 0.29) is 11.7 Å². The Morgan fingerprint density at radius 3 is 2.25 bits per heavy atom. The van der Waals surface area contributed by atoms with Crippen molar-refractivity contribution in [2.75, 3.05) is 49.7 Å². The van der Waals surface area contributed by atoms with Crippen molar-refractivity contribution in [2.45, 2.75) is 8.68 Å². The van der Waals surface area contributed by atoms with Gasteiger partial charge in [0.2, 0.25) is 11.8 Å². The molecule has 1 aliphatic rings. The lowest BCUT2D eigenvalue weighted by molar-refractivity contribution is -0.128. The molecule has 1 fully saturated rings. The number of aromatic nitrogens is 2. The van der Waals surface area contributed by atoms with Crippen LogP contribution in [-0.2, 0) is 9.59 Å². The third-order valence-electron chi connectivity index (χ3n) is 4.11. The van der Waals surface area contributed by atoms with E-state index in [9.17, 15) is 9.59 Å². The molecule has 0 radical (unpaired) electrons. The van der Waals surface area contributed by atoms with Crippen LogP contribution in [0.1, 0.15) is 0 Å². The Morgan fingerprint density at radius 1 is 1.07 bits per heavy atom. The molecule has 150 valence electrons. The van der Waals surface area contributed by atoms with Crippen molar-refractivity contribution in [3.63, 3.8) is 0 Å². The highest BCUT2D eigenvalue weighted by molar-refractivity contribution is 8.03. The van der Waals surface area contributed by atoms with Gasteiger partial charge in [-0.05, 0) is 24.3 Å². The topological polar surface area (TPSA) is 102 Å². The van der Waals surface area contributed by atoms with Crippen molar-refractivity contribution >= 4 is 52.4 Å². The first-order chi connectivity index (χ1) is 13.5. The highest BCUT2D eigenvalue weighted by Gasteiger charge is 2.22. The van der Waals surface area contributed by atoms with Gasteiger partial charge in [0.05, 0.1) is 18.6 Å². The van der Waals surface area contributed by atoms with Crippen molar-refractivity contribution in [1.82, 2.24) is 15.1 Å². The SMILES string of the molecule is COc1ccc(N2CCN(C(=O)CSc3nnc(SCC(N)=O)s3)CC2)cc1. The Morgan fingerprint density at radius 2 is 1.68 bits per heavy atom. The number of methoxy groups -OCH3 is 1.